The third kappa shape index (κ3) is 2.14. The van der Waals surface area contributed by atoms with Gasteiger partial charge in [-0.3, -0.25) is 0 Å². The molecule has 0 unspecified atom stereocenters. The highest BCUT2D eigenvalue weighted by Crippen LogP contribution is 2.42. The van der Waals surface area contributed by atoms with Crippen LogP contribution in [0.2, 0.25) is 0 Å². The Morgan fingerprint density at radius 3 is 1.42 bits per heavy atom. The second kappa shape index (κ2) is 4.81. The molecule has 0 aromatic rings. The smallest absolute Gasteiger partial charge is 0.248 e. The topological polar surface area (TPSA) is 69.9 Å². The van der Waals surface area contributed by atoms with Crippen molar-refractivity contribution in [2.24, 2.45) is 5.41 Å². The average Bonchev–Trinajstić information content (AvgIpc) is 2.08. The van der Waals surface area contributed by atoms with Gasteiger partial charge in [-0.05, 0) is 0 Å². The van der Waals surface area contributed by atoms with Crippen LogP contribution in [0.15, 0.2) is 0 Å². The van der Waals surface area contributed by atoms with Gasteiger partial charge in [-0.2, -0.15) is 0 Å². The lowest BCUT2D eigenvalue weighted by atomic mass is 9.92. The monoisotopic (exact) mass is 238 g/mol. The molecule has 0 aromatic carbocycles. The van der Waals surface area contributed by atoms with Crippen LogP contribution in [0.25, 0.3) is 0 Å². The van der Waals surface area contributed by atoms with Crippen LogP contribution in [-0.2, 0) is 4.29 Å². The summed E-state index contributed by atoms with van der Waals surface area (Å²) in [6.07, 6.45) is 0. The van der Waals surface area contributed by atoms with Gasteiger partial charge in [0.15, 0.2) is 0 Å². The SMILES string of the molecule is OCC(CO)(CO)C(Cl)(Cl)OCl. The van der Waals surface area contributed by atoms with Gasteiger partial charge >= 0.3 is 0 Å². The Kier molecular flexibility index (Phi) is 5.10. The lowest BCUT2D eigenvalue weighted by Gasteiger charge is -2.35. The van der Waals surface area contributed by atoms with Gasteiger partial charge in [0.25, 0.3) is 0 Å². The summed E-state index contributed by atoms with van der Waals surface area (Å²) >= 11 is 15.9. The predicted molar refractivity (Wildman–Crippen MR) is 45.1 cm³/mol. The first-order chi connectivity index (χ1) is 5.49. The van der Waals surface area contributed by atoms with Crippen molar-refractivity contribution in [3.05, 3.63) is 0 Å². The molecule has 0 amide bonds. The molecule has 0 aromatic heterocycles. The van der Waals surface area contributed by atoms with Crippen molar-refractivity contribution in [1.82, 2.24) is 0 Å². The minimum atomic E-state index is -2.03. The third-order valence-electron chi connectivity index (χ3n) is 1.62. The van der Waals surface area contributed by atoms with Gasteiger partial charge < -0.3 is 15.3 Å². The molecule has 0 aliphatic heterocycles. The summed E-state index contributed by atoms with van der Waals surface area (Å²) in [5.41, 5.74) is -1.59. The largest absolute Gasteiger partial charge is 0.395 e. The lowest BCUT2D eigenvalue weighted by Crippen LogP contribution is -2.49. The molecule has 0 radical (unpaired) electrons. The van der Waals surface area contributed by atoms with Crippen molar-refractivity contribution in [1.29, 1.82) is 0 Å². The van der Waals surface area contributed by atoms with Crippen LogP contribution >= 0.6 is 35.1 Å². The van der Waals surface area contributed by atoms with Crippen LogP contribution < -0.4 is 0 Å². The standard InChI is InChI=1S/C5H9Cl3O4/c6-5(7,12-8)4(1-9,2-10)3-11/h9-11H,1-3H2. The first kappa shape index (κ1) is 12.7. The minimum absolute atomic E-state index is 0.653. The number of hydrogen-bond donors (Lipinski definition) is 3. The van der Waals surface area contributed by atoms with Crippen molar-refractivity contribution >= 4 is 35.1 Å². The van der Waals surface area contributed by atoms with Gasteiger partial charge in [0.1, 0.15) is 0 Å². The second-order valence-corrected chi connectivity index (χ2v) is 3.76. The van der Waals surface area contributed by atoms with E-state index in [1.165, 1.54) is 0 Å². The van der Waals surface area contributed by atoms with Crippen molar-refractivity contribution in [3.8, 4) is 0 Å². The molecule has 0 aliphatic carbocycles. The zero-order valence-corrected chi connectivity index (χ0v) is 8.27. The fraction of sp³-hybridized carbons (Fsp3) is 1.00. The molecular formula is C5H9Cl3O4. The molecule has 0 fully saturated rings. The number of aliphatic hydroxyl groups is 3. The van der Waals surface area contributed by atoms with Crippen LogP contribution in [0, 0.1) is 5.41 Å². The summed E-state index contributed by atoms with van der Waals surface area (Å²) in [5, 5.41) is 26.4. The lowest BCUT2D eigenvalue weighted by molar-refractivity contribution is -0.0567. The molecular weight excluding hydrogens is 230 g/mol. The van der Waals surface area contributed by atoms with E-state index in [0.29, 0.717) is 0 Å². The highest BCUT2D eigenvalue weighted by molar-refractivity contribution is 6.48. The Labute approximate surface area is 84.8 Å². The molecule has 7 heteroatoms. The van der Waals surface area contributed by atoms with Gasteiger partial charge in [-0.25, -0.2) is 4.29 Å². The van der Waals surface area contributed by atoms with E-state index in [1.54, 1.807) is 0 Å². The molecule has 0 saturated heterocycles. The molecule has 0 heterocycles. The number of hydrogen-bond acceptors (Lipinski definition) is 4. The molecule has 0 aliphatic rings. The molecule has 4 nitrogen and oxygen atoms in total. The first-order valence-electron chi connectivity index (χ1n) is 3.00. The van der Waals surface area contributed by atoms with Gasteiger partial charge in [-0.15, -0.1) is 0 Å². The van der Waals surface area contributed by atoms with Crippen LogP contribution in [-0.4, -0.2) is 39.7 Å². The molecule has 74 valence electrons. The Balaban J connectivity index is 4.69. The maximum absolute atomic E-state index is 8.82. The summed E-state index contributed by atoms with van der Waals surface area (Å²) in [5.74, 6) is 0. The quantitative estimate of drug-likeness (QED) is 0.602. The molecule has 0 rings (SSSR count). The van der Waals surface area contributed by atoms with Gasteiger partial charge in [0.05, 0.1) is 37.1 Å². The van der Waals surface area contributed by atoms with E-state index < -0.39 is 29.8 Å². The predicted octanol–water partition coefficient (Wildman–Crippen LogP) is 0.251. The van der Waals surface area contributed by atoms with E-state index in [0.717, 1.165) is 0 Å². The summed E-state index contributed by atoms with van der Waals surface area (Å²) in [4.78, 5) is 0. The maximum Gasteiger partial charge on any atom is 0.248 e. The Morgan fingerprint density at radius 1 is 1.00 bits per heavy atom. The zero-order valence-electron chi connectivity index (χ0n) is 6.01. The van der Waals surface area contributed by atoms with E-state index in [9.17, 15) is 0 Å². The minimum Gasteiger partial charge on any atom is -0.395 e. The molecule has 0 saturated carbocycles. The second-order valence-electron chi connectivity index (χ2n) is 2.35. The zero-order chi connectivity index (χ0) is 9.83. The molecule has 3 N–H and O–H groups in total. The summed E-state index contributed by atoms with van der Waals surface area (Å²) in [6, 6.07) is 0. The Hall–Kier alpha value is 0.710. The average molecular weight is 239 g/mol. The number of aliphatic hydroxyl groups excluding tert-OH is 3. The number of halogens is 3. The Bertz CT molecular complexity index is 128. The molecule has 0 spiro atoms. The highest BCUT2D eigenvalue weighted by atomic mass is 35.5. The van der Waals surface area contributed by atoms with Crippen LogP contribution in [0.5, 0.6) is 0 Å². The summed E-state index contributed by atoms with van der Waals surface area (Å²) < 4.78 is 2.06. The normalized spacial score (nSPS) is 13.5. The van der Waals surface area contributed by atoms with Crippen LogP contribution in [0.4, 0.5) is 0 Å². The fourth-order valence-electron chi connectivity index (χ4n) is 0.508. The Morgan fingerprint density at radius 2 is 1.33 bits per heavy atom. The molecule has 0 atom stereocenters. The van der Waals surface area contributed by atoms with Crippen molar-refractivity contribution in [3.63, 3.8) is 0 Å². The highest BCUT2D eigenvalue weighted by Gasteiger charge is 2.50. The number of alkyl halides is 2. The van der Waals surface area contributed by atoms with Crippen molar-refractivity contribution < 1.29 is 19.6 Å². The van der Waals surface area contributed by atoms with E-state index in [-0.39, 0.29) is 0 Å². The van der Waals surface area contributed by atoms with Crippen LogP contribution in [0.1, 0.15) is 0 Å². The number of rotatable bonds is 5. The first-order valence-corrected chi connectivity index (χ1v) is 4.06. The third-order valence-corrected chi connectivity index (χ3v) is 2.97. The summed E-state index contributed by atoms with van der Waals surface area (Å²) in [6.45, 7) is -1.96. The summed E-state index contributed by atoms with van der Waals surface area (Å²) in [7, 11) is 0. The van der Waals surface area contributed by atoms with E-state index >= 15 is 0 Å². The fourth-order valence-corrected chi connectivity index (χ4v) is 1.03. The maximum atomic E-state index is 8.82. The van der Waals surface area contributed by atoms with Gasteiger partial charge in [0.2, 0.25) is 4.52 Å². The van der Waals surface area contributed by atoms with Crippen molar-refractivity contribution in [2.75, 3.05) is 19.8 Å². The van der Waals surface area contributed by atoms with E-state index in [1.807, 2.05) is 0 Å². The van der Waals surface area contributed by atoms with Gasteiger partial charge in [-0.1, -0.05) is 23.2 Å². The van der Waals surface area contributed by atoms with Gasteiger partial charge in [0, 0.05) is 0 Å². The van der Waals surface area contributed by atoms with E-state index in [4.69, 9.17) is 50.4 Å². The van der Waals surface area contributed by atoms with E-state index in [2.05, 4.69) is 4.29 Å². The molecule has 12 heavy (non-hydrogen) atoms. The van der Waals surface area contributed by atoms with Crippen LogP contribution in [0.3, 0.4) is 0 Å². The van der Waals surface area contributed by atoms with Crippen molar-refractivity contribution in [2.45, 2.75) is 4.52 Å². The molecule has 0 bridgehead atoms.